The van der Waals surface area contributed by atoms with Crippen molar-refractivity contribution < 1.29 is 14.3 Å². The number of amides is 2. The molecule has 0 radical (unpaired) electrons. The Hall–Kier alpha value is -3.61. The zero-order valence-corrected chi connectivity index (χ0v) is 15.1. The maximum Gasteiger partial charge on any atom is 0.259 e. The summed E-state index contributed by atoms with van der Waals surface area (Å²) < 4.78 is 7.13. The number of hydrazone groups is 1. The van der Waals surface area contributed by atoms with E-state index in [0.717, 1.165) is 16.5 Å². The molecule has 0 aliphatic heterocycles. The molecular formula is C20H20N4O3. The van der Waals surface area contributed by atoms with E-state index in [0.29, 0.717) is 11.3 Å². The molecule has 0 aliphatic rings. The SMILES string of the molecule is COc1ccccc1C(=O)NCC(=O)N/N=C/c1cn(C)c2ccccc12. The normalized spacial score (nSPS) is 10.9. The van der Waals surface area contributed by atoms with Gasteiger partial charge >= 0.3 is 0 Å². The highest BCUT2D eigenvalue weighted by molar-refractivity contribution is 6.00. The van der Waals surface area contributed by atoms with Gasteiger partial charge in [0.25, 0.3) is 11.8 Å². The molecule has 2 N–H and O–H groups in total. The lowest BCUT2D eigenvalue weighted by Crippen LogP contribution is -2.35. The van der Waals surface area contributed by atoms with Crippen molar-refractivity contribution in [3.05, 3.63) is 65.9 Å². The van der Waals surface area contributed by atoms with Crippen LogP contribution in [0.25, 0.3) is 10.9 Å². The van der Waals surface area contributed by atoms with Crippen molar-refractivity contribution in [3.63, 3.8) is 0 Å². The first-order valence-electron chi connectivity index (χ1n) is 8.37. The third-order valence-corrected chi connectivity index (χ3v) is 4.08. The number of nitrogens with one attached hydrogen (secondary N) is 2. The Bertz CT molecular complexity index is 1010. The van der Waals surface area contributed by atoms with Crippen molar-refractivity contribution in [1.82, 2.24) is 15.3 Å². The Balaban J connectivity index is 1.56. The van der Waals surface area contributed by atoms with Crippen LogP contribution in [0.5, 0.6) is 5.75 Å². The standard InChI is InChI=1S/C20H20N4O3/c1-24-13-14(15-7-3-5-9-17(15)24)11-22-23-19(25)12-21-20(26)16-8-4-6-10-18(16)27-2/h3-11,13H,12H2,1-2H3,(H,21,26)(H,23,25)/b22-11+. The summed E-state index contributed by atoms with van der Waals surface area (Å²) in [5.74, 6) is -0.361. The predicted octanol–water partition coefficient (Wildman–Crippen LogP) is 2.07. The fourth-order valence-corrected chi connectivity index (χ4v) is 2.78. The van der Waals surface area contributed by atoms with E-state index in [2.05, 4.69) is 15.8 Å². The number of carbonyl (C=O) groups excluding carboxylic acids is 2. The van der Waals surface area contributed by atoms with Crippen LogP contribution in [-0.2, 0) is 11.8 Å². The van der Waals surface area contributed by atoms with Gasteiger partial charge in [-0.3, -0.25) is 9.59 Å². The summed E-state index contributed by atoms with van der Waals surface area (Å²) in [7, 11) is 3.44. The molecule has 0 bridgehead atoms. The van der Waals surface area contributed by atoms with Gasteiger partial charge in [0.05, 0.1) is 25.4 Å². The van der Waals surface area contributed by atoms with E-state index in [1.54, 1.807) is 30.5 Å². The molecule has 138 valence electrons. The molecule has 3 rings (SSSR count). The molecule has 0 atom stereocenters. The summed E-state index contributed by atoms with van der Waals surface area (Å²) in [5, 5.41) is 7.57. The van der Waals surface area contributed by atoms with Crippen LogP contribution in [0.15, 0.2) is 59.8 Å². The van der Waals surface area contributed by atoms with Crippen LogP contribution >= 0.6 is 0 Å². The van der Waals surface area contributed by atoms with E-state index < -0.39 is 5.91 Å². The monoisotopic (exact) mass is 364 g/mol. The first-order valence-corrected chi connectivity index (χ1v) is 8.37. The van der Waals surface area contributed by atoms with Gasteiger partial charge in [-0.05, 0) is 18.2 Å². The Labute approximate surface area is 156 Å². The predicted molar refractivity (Wildman–Crippen MR) is 104 cm³/mol. The third-order valence-electron chi connectivity index (χ3n) is 4.08. The summed E-state index contributed by atoms with van der Waals surface area (Å²) in [6.07, 6.45) is 3.52. The Morgan fingerprint density at radius 3 is 2.70 bits per heavy atom. The number of rotatable bonds is 6. The van der Waals surface area contributed by atoms with E-state index in [4.69, 9.17) is 4.74 Å². The fraction of sp³-hybridized carbons (Fsp3) is 0.150. The third kappa shape index (κ3) is 4.14. The number of hydrogen-bond acceptors (Lipinski definition) is 4. The molecule has 7 nitrogen and oxygen atoms in total. The maximum absolute atomic E-state index is 12.2. The molecule has 0 aliphatic carbocycles. The second kappa shape index (κ2) is 8.18. The minimum atomic E-state index is -0.422. The smallest absolute Gasteiger partial charge is 0.259 e. The number of aromatic nitrogens is 1. The second-order valence-electron chi connectivity index (χ2n) is 5.89. The van der Waals surface area contributed by atoms with Gasteiger partial charge in [-0.15, -0.1) is 0 Å². The Kier molecular flexibility index (Phi) is 5.51. The van der Waals surface area contributed by atoms with E-state index in [9.17, 15) is 9.59 Å². The Morgan fingerprint density at radius 2 is 1.89 bits per heavy atom. The lowest BCUT2D eigenvalue weighted by Gasteiger charge is -2.08. The van der Waals surface area contributed by atoms with Crippen LogP contribution in [0.2, 0.25) is 0 Å². The highest BCUT2D eigenvalue weighted by atomic mass is 16.5. The lowest BCUT2D eigenvalue weighted by molar-refractivity contribution is -0.120. The summed E-state index contributed by atoms with van der Waals surface area (Å²) in [4.78, 5) is 24.1. The molecule has 7 heteroatoms. The van der Waals surface area contributed by atoms with Crippen molar-refractivity contribution >= 4 is 28.9 Å². The largest absolute Gasteiger partial charge is 0.496 e. The molecule has 2 amide bonds. The van der Waals surface area contributed by atoms with Gasteiger partial charge < -0.3 is 14.6 Å². The topological polar surface area (TPSA) is 84.7 Å². The summed E-state index contributed by atoms with van der Waals surface area (Å²) in [6, 6.07) is 14.7. The minimum Gasteiger partial charge on any atom is -0.496 e. The number of methoxy groups -OCH3 is 1. The number of fused-ring (bicyclic) bond motifs is 1. The number of ether oxygens (including phenoxy) is 1. The number of para-hydroxylation sites is 2. The first-order chi connectivity index (χ1) is 13.1. The van der Waals surface area contributed by atoms with Crippen LogP contribution in [-0.4, -0.2) is 36.3 Å². The van der Waals surface area contributed by atoms with Crippen LogP contribution in [0.1, 0.15) is 15.9 Å². The van der Waals surface area contributed by atoms with Gasteiger partial charge in [-0.1, -0.05) is 30.3 Å². The molecule has 1 heterocycles. The molecule has 2 aromatic carbocycles. The fourth-order valence-electron chi connectivity index (χ4n) is 2.78. The number of carbonyl (C=O) groups is 2. The number of aryl methyl sites for hydroxylation is 1. The summed E-state index contributed by atoms with van der Waals surface area (Å²) in [6.45, 7) is -0.191. The lowest BCUT2D eigenvalue weighted by atomic mass is 10.2. The van der Waals surface area contributed by atoms with Crippen molar-refractivity contribution in [2.24, 2.45) is 12.1 Å². The van der Waals surface area contributed by atoms with Crippen molar-refractivity contribution in [2.45, 2.75) is 0 Å². The highest BCUT2D eigenvalue weighted by Gasteiger charge is 2.12. The Morgan fingerprint density at radius 1 is 1.15 bits per heavy atom. The van der Waals surface area contributed by atoms with Gasteiger partial charge in [-0.25, -0.2) is 5.43 Å². The van der Waals surface area contributed by atoms with Gasteiger partial charge in [-0.2, -0.15) is 5.10 Å². The molecule has 0 unspecified atom stereocenters. The average molecular weight is 364 g/mol. The zero-order valence-electron chi connectivity index (χ0n) is 15.1. The average Bonchev–Trinajstić information content (AvgIpc) is 3.02. The van der Waals surface area contributed by atoms with Gasteiger partial charge in [0.1, 0.15) is 5.75 Å². The van der Waals surface area contributed by atoms with Crippen LogP contribution in [0.3, 0.4) is 0 Å². The molecule has 0 fully saturated rings. The van der Waals surface area contributed by atoms with E-state index >= 15 is 0 Å². The first kappa shape index (κ1) is 18.2. The molecule has 3 aromatic rings. The maximum atomic E-state index is 12.2. The van der Waals surface area contributed by atoms with Crippen molar-refractivity contribution in [1.29, 1.82) is 0 Å². The van der Waals surface area contributed by atoms with Crippen LogP contribution in [0.4, 0.5) is 0 Å². The molecule has 0 saturated heterocycles. The van der Waals surface area contributed by atoms with E-state index in [1.807, 2.05) is 42.1 Å². The molecule has 0 spiro atoms. The van der Waals surface area contributed by atoms with E-state index in [-0.39, 0.29) is 12.5 Å². The quantitative estimate of drug-likeness (QED) is 0.519. The van der Waals surface area contributed by atoms with Crippen molar-refractivity contribution in [2.75, 3.05) is 13.7 Å². The molecule has 1 aromatic heterocycles. The second-order valence-corrected chi connectivity index (χ2v) is 5.89. The number of benzene rings is 2. The van der Waals surface area contributed by atoms with Gasteiger partial charge in [0.15, 0.2) is 0 Å². The van der Waals surface area contributed by atoms with E-state index in [1.165, 1.54) is 7.11 Å². The summed E-state index contributed by atoms with van der Waals surface area (Å²) in [5.41, 5.74) is 4.76. The molecule has 27 heavy (non-hydrogen) atoms. The van der Waals surface area contributed by atoms with Gasteiger partial charge in [0.2, 0.25) is 0 Å². The minimum absolute atomic E-state index is 0.191. The van der Waals surface area contributed by atoms with Gasteiger partial charge in [0, 0.05) is 29.7 Å². The molecule has 0 saturated carbocycles. The van der Waals surface area contributed by atoms with Crippen LogP contribution in [0, 0.1) is 0 Å². The molecular weight excluding hydrogens is 344 g/mol. The zero-order chi connectivity index (χ0) is 19.2. The number of nitrogens with zero attached hydrogens (tertiary/aromatic N) is 2. The van der Waals surface area contributed by atoms with Crippen LogP contribution < -0.4 is 15.5 Å². The summed E-state index contributed by atoms with van der Waals surface area (Å²) >= 11 is 0. The highest BCUT2D eigenvalue weighted by Crippen LogP contribution is 2.18. The number of hydrogen-bond donors (Lipinski definition) is 2. The van der Waals surface area contributed by atoms with Crippen molar-refractivity contribution in [3.8, 4) is 5.75 Å².